The second-order valence-corrected chi connectivity index (χ2v) is 4.69. The summed E-state index contributed by atoms with van der Waals surface area (Å²) in [5.41, 5.74) is -2.45. The van der Waals surface area contributed by atoms with Crippen LogP contribution in [0.15, 0.2) is 30.3 Å². The number of benzene rings is 2. The predicted octanol–water partition coefficient (Wildman–Crippen LogP) is 2.62. The topological polar surface area (TPSA) is 146 Å². The Balaban J connectivity index is 2.42. The molecule has 3 rings (SSSR count). The number of ketones is 1. The van der Waals surface area contributed by atoms with Crippen molar-refractivity contribution in [1.82, 2.24) is 0 Å². The summed E-state index contributed by atoms with van der Waals surface area (Å²) < 4.78 is 0. The minimum atomic E-state index is -0.915. The number of fused-ring (bicyclic) bond motifs is 3. The number of nitrogens with zero attached hydrogens (tertiary/aromatic N) is 3. The van der Waals surface area contributed by atoms with Gasteiger partial charge in [-0.15, -0.1) is 0 Å². The molecule has 0 aromatic heterocycles. The number of rotatable bonds is 3. The van der Waals surface area contributed by atoms with Gasteiger partial charge in [0.1, 0.15) is 11.1 Å². The maximum Gasteiger partial charge on any atom is 0.288 e. The first kappa shape index (κ1) is 14.3. The SMILES string of the molecule is O=C1c2c(cccc2[N+](=O)[O-])-c2cc([N+](=O)[O-])cc([N+](=O)[O-])c21. The molecular weight excluding hydrogens is 310 g/mol. The van der Waals surface area contributed by atoms with Crippen LogP contribution < -0.4 is 0 Å². The lowest BCUT2D eigenvalue weighted by atomic mass is 10.0. The summed E-state index contributed by atoms with van der Waals surface area (Å²) in [4.78, 5) is 43.1. The predicted molar refractivity (Wildman–Crippen MR) is 75.3 cm³/mol. The minimum absolute atomic E-state index is 0.0467. The van der Waals surface area contributed by atoms with E-state index < -0.39 is 37.6 Å². The van der Waals surface area contributed by atoms with Gasteiger partial charge in [0, 0.05) is 23.3 Å². The van der Waals surface area contributed by atoms with Gasteiger partial charge in [0.25, 0.3) is 17.1 Å². The molecule has 0 N–H and O–H groups in total. The van der Waals surface area contributed by atoms with E-state index in [4.69, 9.17) is 0 Å². The molecule has 10 nitrogen and oxygen atoms in total. The van der Waals surface area contributed by atoms with Gasteiger partial charge in [0.2, 0.25) is 5.78 Å². The van der Waals surface area contributed by atoms with Crippen LogP contribution in [0, 0.1) is 30.3 Å². The Hall–Kier alpha value is -3.69. The van der Waals surface area contributed by atoms with Crippen molar-refractivity contribution in [3.05, 3.63) is 71.8 Å². The van der Waals surface area contributed by atoms with E-state index in [0.717, 1.165) is 12.1 Å². The Morgan fingerprint density at radius 3 is 1.91 bits per heavy atom. The van der Waals surface area contributed by atoms with Gasteiger partial charge >= 0.3 is 0 Å². The van der Waals surface area contributed by atoms with Crippen LogP contribution in [-0.4, -0.2) is 20.6 Å². The monoisotopic (exact) mass is 315 g/mol. The first-order valence-corrected chi connectivity index (χ1v) is 6.12. The third-order valence-electron chi connectivity index (χ3n) is 3.49. The van der Waals surface area contributed by atoms with Gasteiger partial charge in [-0.25, -0.2) is 0 Å². The molecule has 10 heteroatoms. The van der Waals surface area contributed by atoms with Crippen LogP contribution in [0.5, 0.6) is 0 Å². The molecule has 114 valence electrons. The maximum atomic E-state index is 12.4. The summed E-state index contributed by atoms with van der Waals surface area (Å²) in [6.07, 6.45) is 0. The van der Waals surface area contributed by atoms with Crippen molar-refractivity contribution < 1.29 is 19.6 Å². The molecule has 0 spiro atoms. The molecule has 0 radical (unpaired) electrons. The van der Waals surface area contributed by atoms with Crippen molar-refractivity contribution in [2.24, 2.45) is 0 Å². The van der Waals surface area contributed by atoms with Crippen LogP contribution in [0.4, 0.5) is 17.1 Å². The normalized spacial score (nSPS) is 11.7. The molecule has 2 aromatic carbocycles. The Kier molecular flexibility index (Phi) is 2.89. The summed E-state index contributed by atoms with van der Waals surface area (Å²) in [5.74, 6) is -0.885. The molecule has 0 amide bonds. The van der Waals surface area contributed by atoms with E-state index in [1.165, 1.54) is 12.1 Å². The van der Waals surface area contributed by atoms with E-state index in [9.17, 15) is 35.1 Å². The number of nitro benzene ring substituents is 3. The van der Waals surface area contributed by atoms with Crippen molar-refractivity contribution in [2.75, 3.05) is 0 Å². The fraction of sp³-hybridized carbons (Fsp3) is 0. The molecule has 23 heavy (non-hydrogen) atoms. The largest absolute Gasteiger partial charge is 0.288 e. The number of non-ortho nitro benzene ring substituents is 1. The molecule has 0 aliphatic heterocycles. The van der Waals surface area contributed by atoms with Crippen molar-refractivity contribution in [3.63, 3.8) is 0 Å². The van der Waals surface area contributed by atoms with Crippen molar-refractivity contribution in [1.29, 1.82) is 0 Å². The van der Waals surface area contributed by atoms with E-state index in [0.29, 0.717) is 6.07 Å². The second kappa shape index (κ2) is 4.66. The quantitative estimate of drug-likeness (QED) is 0.533. The third kappa shape index (κ3) is 1.92. The Labute approximate surface area is 126 Å². The highest BCUT2D eigenvalue weighted by Crippen LogP contribution is 2.46. The van der Waals surface area contributed by atoms with Gasteiger partial charge in [-0.05, 0) is 0 Å². The Morgan fingerprint density at radius 1 is 0.739 bits per heavy atom. The fourth-order valence-corrected chi connectivity index (χ4v) is 2.59. The second-order valence-electron chi connectivity index (χ2n) is 4.69. The van der Waals surface area contributed by atoms with Crippen molar-refractivity contribution in [2.45, 2.75) is 0 Å². The maximum absolute atomic E-state index is 12.4. The number of carbonyl (C=O) groups excluding carboxylic acids is 1. The third-order valence-corrected chi connectivity index (χ3v) is 3.49. The first-order valence-electron chi connectivity index (χ1n) is 6.12. The van der Waals surface area contributed by atoms with Crippen LogP contribution in [0.1, 0.15) is 15.9 Å². The summed E-state index contributed by atoms with van der Waals surface area (Å²) in [7, 11) is 0. The lowest BCUT2D eigenvalue weighted by molar-refractivity contribution is -0.394. The molecule has 2 aromatic rings. The minimum Gasteiger partial charge on any atom is -0.288 e. The van der Waals surface area contributed by atoms with Gasteiger partial charge in [-0.1, -0.05) is 12.1 Å². The van der Waals surface area contributed by atoms with E-state index in [-0.39, 0.29) is 22.3 Å². The highest BCUT2D eigenvalue weighted by molar-refractivity contribution is 6.26. The van der Waals surface area contributed by atoms with E-state index >= 15 is 0 Å². The molecule has 0 bridgehead atoms. The van der Waals surface area contributed by atoms with Gasteiger partial charge in [0.05, 0.1) is 20.8 Å². The zero-order chi connectivity index (χ0) is 16.9. The zero-order valence-electron chi connectivity index (χ0n) is 11.1. The smallest absolute Gasteiger partial charge is 0.288 e. The van der Waals surface area contributed by atoms with E-state index in [2.05, 4.69) is 0 Å². The average molecular weight is 315 g/mol. The lowest BCUT2D eigenvalue weighted by Crippen LogP contribution is -2.04. The summed E-state index contributed by atoms with van der Waals surface area (Å²) >= 11 is 0. The van der Waals surface area contributed by atoms with Crippen LogP contribution >= 0.6 is 0 Å². The molecular formula is C13H5N3O7. The molecule has 1 aliphatic rings. The number of carbonyl (C=O) groups is 1. The first-order chi connectivity index (χ1) is 10.8. The molecule has 1 aliphatic carbocycles. The summed E-state index contributed by atoms with van der Waals surface area (Å²) in [6, 6.07) is 5.45. The fourth-order valence-electron chi connectivity index (χ4n) is 2.59. The van der Waals surface area contributed by atoms with Crippen LogP contribution in [-0.2, 0) is 0 Å². The molecule has 0 heterocycles. The van der Waals surface area contributed by atoms with Crippen LogP contribution in [0.2, 0.25) is 0 Å². The Morgan fingerprint density at radius 2 is 1.35 bits per heavy atom. The number of hydrogen-bond donors (Lipinski definition) is 0. The highest BCUT2D eigenvalue weighted by atomic mass is 16.6. The molecule has 0 fully saturated rings. The standard InChI is InChI=1S/C13H5N3O7/c17-13-11-7(2-1-3-9(11)15(20)21)8-4-6(14(18)19)5-10(12(8)13)16(22)23/h1-5H. The van der Waals surface area contributed by atoms with Gasteiger partial charge in [-0.3, -0.25) is 35.1 Å². The zero-order valence-corrected chi connectivity index (χ0v) is 11.1. The average Bonchev–Trinajstić information content (AvgIpc) is 2.79. The van der Waals surface area contributed by atoms with Crippen LogP contribution in [0.25, 0.3) is 11.1 Å². The molecule has 0 saturated carbocycles. The molecule has 0 unspecified atom stereocenters. The van der Waals surface area contributed by atoms with E-state index in [1.807, 2.05) is 0 Å². The summed E-state index contributed by atoms with van der Waals surface area (Å²) in [5, 5.41) is 33.1. The van der Waals surface area contributed by atoms with E-state index in [1.54, 1.807) is 0 Å². The van der Waals surface area contributed by atoms with Crippen molar-refractivity contribution in [3.8, 4) is 11.1 Å². The lowest BCUT2D eigenvalue weighted by Gasteiger charge is -2.01. The van der Waals surface area contributed by atoms with Crippen LogP contribution in [0.3, 0.4) is 0 Å². The highest BCUT2D eigenvalue weighted by Gasteiger charge is 2.40. The van der Waals surface area contributed by atoms with Gasteiger partial charge < -0.3 is 0 Å². The molecule has 0 atom stereocenters. The molecule has 0 saturated heterocycles. The number of hydrogen-bond acceptors (Lipinski definition) is 7. The number of nitro groups is 3. The summed E-state index contributed by atoms with van der Waals surface area (Å²) in [6.45, 7) is 0. The van der Waals surface area contributed by atoms with Gasteiger partial charge in [-0.2, -0.15) is 0 Å². The van der Waals surface area contributed by atoms with Crippen molar-refractivity contribution >= 4 is 22.8 Å². The van der Waals surface area contributed by atoms with Gasteiger partial charge in [0.15, 0.2) is 0 Å². The Bertz CT molecular complexity index is 935.